The third-order valence-electron chi connectivity index (χ3n) is 3.73. The summed E-state index contributed by atoms with van der Waals surface area (Å²) in [6, 6.07) is 2.73. The molecule has 0 spiro atoms. The van der Waals surface area contributed by atoms with Gasteiger partial charge < -0.3 is 14.4 Å². The number of carbonyl (C=O) groups excluding carboxylic acids is 1. The van der Waals surface area contributed by atoms with Crippen LogP contribution in [0.2, 0.25) is 0 Å². The Balaban J connectivity index is 2.10. The van der Waals surface area contributed by atoms with E-state index in [4.69, 9.17) is 9.52 Å². The minimum Gasteiger partial charge on any atom is -0.475 e. The standard InChI is InChI=1S/C13H17NO4/c1-3-13(2)6-7-14(8-13)11(15)9-4-5-10(18-9)12(16)17/h4-5H,3,6-8H2,1-2H3,(H,16,17). The van der Waals surface area contributed by atoms with E-state index in [0.717, 1.165) is 12.8 Å². The number of hydrogen-bond acceptors (Lipinski definition) is 3. The molecular weight excluding hydrogens is 234 g/mol. The predicted octanol–water partition coefficient (Wildman–Crippen LogP) is 2.24. The molecule has 1 unspecified atom stereocenters. The highest BCUT2D eigenvalue weighted by molar-refractivity contribution is 5.93. The number of likely N-dealkylation sites (tertiary alicyclic amines) is 1. The van der Waals surface area contributed by atoms with Crippen molar-refractivity contribution in [3.05, 3.63) is 23.7 Å². The van der Waals surface area contributed by atoms with Crippen LogP contribution in [0.1, 0.15) is 47.8 Å². The van der Waals surface area contributed by atoms with Gasteiger partial charge in [-0.25, -0.2) is 4.79 Å². The maximum atomic E-state index is 12.1. The Morgan fingerprint density at radius 2 is 2.11 bits per heavy atom. The summed E-state index contributed by atoms with van der Waals surface area (Å²) < 4.78 is 5.03. The lowest BCUT2D eigenvalue weighted by atomic mass is 9.87. The quantitative estimate of drug-likeness (QED) is 0.894. The monoisotopic (exact) mass is 251 g/mol. The van der Waals surface area contributed by atoms with Crippen LogP contribution in [0, 0.1) is 5.41 Å². The lowest BCUT2D eigenvalue weighted by molar-refractivity contribution is 0.0652. The number of carbonyl (C=O) groups is 2. The van der Waals surface area contributed by atoms with E-state index in [1.165, 1.54) is 12.1 Å². The molecule has 5 heteroatoms. The van der Waals surface area contributed by atoms with Gasteiger partial charge in [0.1, 0.15) is 0 Å². The topological polar surface area (TPSA) is 70.8 Å². The fourth-order valence-corrected chi connectivity index (χ4v) is 2.21. The molecule has 5 nitrogen and oxygen atoms in total. The fraction of sp³-hybridized carbons (Fsp3) is 0.538. The van der Waals surface area contributed by atoms with Crippen molar-refractivity contribution in [3.8, 4) is 0 Å². The van der Waals surface area contributed by atoms with Crippen molar-refractivity contribution in [2.75, 3.05) is 13.1 Å². The van der Waals surface area contributed by atoms with Gasteiger partial charge in [0.15, 0.2) is 5.76 Å². The first kappa shape index (κ1) is 12.7. The molecule has 98 valence electrons. The van der Waals surface area contributed by atoms with Gasteiger partial charge in [0.05, 0.1) is 0 Å². The van der Waals surface area contributed by atoms with Gasteiger partial charge in [-0.1, -0.05) is 13.8 Å². The highest BCUT2D eigenvalue weighted by atomic mass is 16.4. The number of carboxylic acid groups (broad SMARTS) is 1. The van der Waals surface area contributed by atoms with Crippen molar-refractivity contribution in [2.45, 2.75) is 26.7 Å². The van der Waals surface area contributed by atoms with Crippen molar-refractivity contribution in [1.29, 1.82) is 0 Å². The third-order valence-corrected chi connectivity index (χ3v) is 3.73. The van der Waals surface area contributed by atoms with Gasteiger partial charge in [-0.15, -0.1) is 0 Å². The molecule has 1 aliphatic rings. The molecule has 1 aromatic rings. The van der Waals surface area contributed by atoms with E-state index in [1.807, 2.05) is 0 Å². The molecule has 1 aromatic heterocycles. The molecule has 0 aromatic carbocycles. The van der Waals surface area contributed by atoms with E-state index < -0.39 is 5.97 Å². The van der Waals surface area contributed by atoms with Crippen LogP contribution in [-0.2, 0) is 0 Å². The molecule has 1 fully saturated rings. The van der Waals surface area contributed by atoms with E-state index in [1.54, 1.807) is 4.90 Å². The average Bonchev–Trinajstić information content (AvgIpc) is 2.95. The van der Waals surface area contributed by atoms with Crippen LogP contribution >= 0.6 is 0 Å². The SMILES string of the molecule is CCC1(C)CCN(C(=O)c2ccc(C(=O)O)o2)C1. The Morgan fingerprint density at radius 1 is 1.44 bits per heavy atom. The second-order valence-corrected chi connectivity index (χ2v) is 5.11. The molecule has 2 heterocycles. The fourth-order valence-electron chi connectivity index (χ4n) is 2.21. The van der Waals surface area contributed by atoms with Gasteiger partial charge >= 0.3 is 5.97 Å². The number of furan rings is 1. The van der Waals surface area contributed by atoms with E-state index in [0.29, 0.717) is 13.1 Å². The van der Waals surface area contributed by atoms with Crippen LogP contribution in [0.3, 0.4) is 0 Å². The first-order valence-corrected chi connectivity index (χ1v) is 6.07. The molecule has 2 rings (SSSR count). The second-order valence-electron chi connectivity index (χ2n) is 5.11. The van der Waals surface area contributed by atoms with Crippen LogP contribution in [0.15, 0.2) is 16.5 Å². The van der Waals surface area contributed by atoms with Crippen LogP contribution in [-0.4, -0.2) is 35.0 Å². The van der Waals surface area contributed by atoms with Crippen LogP contribution < -0.4 is 0 Å². The zero-order valence-corrected chi connectivity index (χ0v) is 10.6. The maximum Gasteiger partial charge on any atom is 0.371 e. The molecule has 0 aliphatic carbocycles. The summed E-state index contributed by atoms with van der Waals surface area (Å²) in [5.41, 5.74) is 0.165. The minimum atomic E-state index is -1.16. The highest BCUT2D eigenvalue weighted by Crippen LogP contribution is 2.33. The summed E-state index contributed by atoms with van der Waals surface area (Å²) >= 11 is 0. The van der Waals surface area contributed by atoms with E-state index in [-0.39, 0.29) is 22.8 Å². The Bertz CT molecular complexity index is 479. The summed E-state index contributed by atoms with van der Waals surface area (Å²) in [6.07, 6.45) is 2.00. The first-order chi connectivity index (χ1) is 8.45. The zero-order valence-electron chi connectivity index (χ0n) is 10.6. The molecule has 1 amide bonds. The number of hydrogen-bond donors (Lipinski definition) is 1. The number of amides is 1. The van der Waals surface area contributed by atoms with Crippen molar-refractivity contribution >= 4 is 11.9 Å². The highest BCUT2D eigenvalue weighted by Gasteiger charge is 2.35. The van der Waals surface area contributed by atoms with Gasteiger partial charge in [-0.3, -0.25) is 4.79 Å². The molecule has 1 aliphatic heterocycles. The van der Waals surface area contributed by atoms with Crippen molar-refractivity contribution in [3.63, 3.8) is 0 Å². The average molecular weight is 251 g/mol. The lowest BCUT2D eigenvalue weighted by Crippen LogP contribution is -2.30. The molecule has 0 saturated carbocycles. The van der Waals surface area contributed by atoms with Crippen molar-refractivity contribution in [2.24, 2.45) is 5.41 Å². The number of aromatic carboxylic acids is 1. The summed E-state index contributed by atoms with van der Waals surface area (Å²) in [4.78, 5) is 24.5. The largest absolute Gasteiger partial charge is 0.475 e. The summed E-state index contributed by atoms with van der Waals surface area (Å²) in [5.74, 6) is -1.47. The molecule has 0 bridgehead atoms. The molecule has 0 radical (unpaired) electrons. The van der Waals surface area contributed by atoms with Gasteiger partial charge in [-0.2, -0.15) is 0 Å². The van der Waals surface area contributed by atoms with Crippen molar-refractivity contribution < 1.29 is 19.1 Å². The van der Waals surface area contributed by atoms with Crippen LogP contribution in [0.25, 0.3) is 0 Å². The van der Waals surface area contributed by atoms with E-state index in [2.05, 4.69) is 13.8 Å². The normalized spacial score (nSPS) is 23.3. The summed E-state index contributed by atoms with van der Waals surface area (Å²) in [7, 11) is 0. The summed E-state index contributed by atoms with van der Waals surface area (Å²) in [6.45, 7) is 5.67. The van der Waals surface area contributed by atoms with E-state index >= 15 is 0 Å². The number of rotatable bonds is 3. The maximum absolute atomic E-state index is 12.1. The molecular formula is C13H17NO4. The lowest BCUT2D eigenvalue weighted by Gasteiger charge is -2.22. The Kier molecular flexibility index (Phi) is 3.15. The van der Waals surface area contributed by atoms with Crippen LogP contribution in [0.5, 0.6) is 0 Å². The Labute approximate surface area is 105 Å². The molecule has 1 atom stereocenters. The van der Waals surface area contributed by atoms with Gasteiger partial charge in [-0.05, 0) is 30.4 Å². The van der Waals surface area contributed by atoms with Gasteiger partial charge in [0.2, 0.25) is 5.76 Å². The number of nitrogens with zero attached hydrogens (tertiary/aromatic N) is 1. The predicted molar refractivity (Wildman–Crippen MR) is 64.6 cm³/mol. The van der Waals surface area contributed by atoms with Crippen LogP contribution in [0.4, 0.5) is 0 Å². The first-order valence-electron chi connectivity index (χ1n) is 6.07. The summed E-state index contributed by atoms with van der Waals surface area (Å²) in [5, 5.41) is 8.75. The van der Waals surface area contributed by atoms with Gasteiger partial charge in [0, 0.05) is 13.1 Å². The molecule has 1 N–H and O–H groups in total. The molecule has 18 heavy (non-hydrogen) atoms. The minimum absolute atomic E-state index is 0.104. The van der Waals surface area contributed by atoms with E-state index in [9.17, 15) is 9.59 Å². The van der Waals surface area contributed by atoms with Gasteiger partial charge in [0.25, 0.3) is 5.91 Å². The number of carboxylic acids is 1. The Hall–Kier alpha value is -1.78. The second kappa shape index (κ2) is 4.48. The Morgan fingerprint density at radius 3 is 2.61 bits per heavy atom. The van der Waals surface area contributed by atoms with Crippen molar-refractivity contribution in [1.82, 2.24) is 4.90 Å². The third kappa shape index (κ3) is 2.25. The zero-order chi connectivity index (χ0) is 13.3. The smallest absolute Gasteiger partial charge is 0.371 e. The molecule has 1 saturated heterocycles.